The van der Waals surface area contributed by atoms with E-state index in [0.717, 1.165) is 25.9 Å². The number of nitrogens with zero attached hydrogens (tertiary/aromatic N) is 1. The highest BCUT2D eigenvalue weighted by atomic mass is 32.2. The van der Waals surface area contributed by atoms with Crippen LogP contribution in [0.15, 0.2) is 0 Å². The quantitative estimate of drug-likeness (QED) is 0.737. The number of ether oxygens (including phenoxy) is 1. The molecule has 7 heteroatoms. The van der Waals surface area contributed by atoms with E-state index in [1.807, 2.05) is 0 Å². The van der Waals surface area contributed by atoms with Gasteiger partial charge in [0, 0.05) is 18.3 Å². The van der Waals surface area contributed by atoms with Crippen LogP contribution < -0.4 is 10.6 Å². The monoisotopic (exact) mass is 315 g/mol. The lowest BCUT2D eigenvalue weighted by atomic mass is 10.2. The van der Waals surface area contributed by atoms with E-state index in [9.17, 15) is 9.59 Å². The molecule has 2 aliphatic heterocycles. The molecule has 2 heterocycles. The van der Waals surface area contributed by atoms with Crippen LogP contribution in [0.4, 0.5) is 0 Å². The molecule has 0 aromatic carbocycles. The van der Waals surface area contributed by atoms with E-state index in [1.54, 1.807) is 23.6 Å². The third kappa shape index (κ3) is 5.48. The number of hydrogen-bond donors (Lipinski definition) is 2. The lowest BCUT2D eigenvalue weighted by Crippen LogP contribution is -2.50. The van der Waals surface area contributed by atoms with Crippen molar-refractivity contribution in [2.75, 3.05) is 45.1 Å². The van der Waals surface area contributed by atoms with Crippen molar-refractivity contribution in [1.82, 2.24) is 15.5 Å². The SMILES string of the molecule is CC(NC(=O)CSC1CCNCC1)C(=O)N1CCOCC1. The number of morpholine rings is 1. The summed E-state index contributed by atoms with van der Waals surface area (Å²) in [6.07, 6.45) is 2.22. The number of amides is 2. The Hall–Kier alpha value is -0.790. The molecule has 1 unspecified atom stereocenters. The second kappa shape index (κ2) is 8.60. The summed E-state index contributed by atoms with van der Waals surface area (Å²) in [5.41, 5.74) is 0. The fourth-order valence-electron chi connectivity index (χ4n) is 2.56. The number of carbonyl (C=O) groups excluding carboxylic acids is 2. The molecule has 1 atom stereocenters. The van der Waals surface area contributed by atoms with E-state index >= 15 is 0 Å². The van der Waals surface area contributed by atoms with Crippen LogP contribution >= 0.6 is 11.8 Å². The van der Waals surface area contributed by atoms with E-state index < -0.39 is 6.04 Å². The molecule has 0 saturated carbocycles. The number of hydrogen-bond acceptors (Lipinski definition) is 5. The summed E-state index contributed by atoms with van der Waals surface area (Å²) in [5.74, 6) is 0.372. The number of nitrogens with one attached hydrogen (secondary N) is 2. The van der Waals surface area contributed by atoms with Gasteiger partial charge in [0.1, 0.15) is 6.04 Å². The van der Waals surface area contributed by atoms with Crippen LogP contribution in [-0.4, -0.2) is 73.2 Å². The Balaban J connectivity index is 1.67. The summed E-state index contributed by atoms with van der Waals surface area (Å²) < 4.78 is 5.23. The highest BCUT2D eigenvalue weighted by Crippen LogP contribution is 2.19. The van der Waals surface area contributed by atoms with Crippen molar-refractivity contribution < 1.29 is 14.3 Å². The molecule has 0 spiro atoms. The van der Waals surface area contributed by atoms with Gasteiger partial charge in [0.2, 0.25) is 11.8 Å². The lowest BCUT2D eigenvalue weighted by Gasteiger charge is -2.29. The van der Waals surface area contributed by atoms with Gasteiger partial charge in [-0.1, -0.05) is 0 Å². The number of piperidine rings is 1. The van der Waals surface area contributed by atoms with E-state index in [4.69, 9.17) is 4.74 Å². The van der Waals surface area contributed by atoms with Gasteiger partial charge >= 0.3 is 0 Å². The van der Waals surface area contributed by atoms with Crippen LogP contribution in [-0.2, 0) is 14.3 Å². The minimum Gasteiger partial charge on any atom is -0.378 e. The summed E-state index contributed by atoms with van der Waals surface area (Å²) in [5, 5.41) is 6.68. The first-order chi connectivity index (χ1) is 10.2. The molecule has 0 bridgehead atoms. The molecule has 0 aliphatic carbocycles. The highest BCUT2D eigenvalue weighted by molar-refractivity contribution is 8.00. The summed E-state index contributed by atoms with van der Waals surface area (Å²) in [6, 6.07) is -0.454. The van der Waals surface area contributed by atoms with Crippen LogP contribution in [0.5, 0.6) is 0 Å². The molecule has 2 aliphatic rings. The second-order valence-electron chi connectivity index (χ2n) is 5.49. The smallest absolute Gasteiger partial charge is 0.245 e. The molecule has 120 valence electrons. The van der Waals surface area contributed by atoms with Crippen LogP contribution in [0.1, 0.15) is 19.8 Å². The highest BCUT2D eigenvalue weighted by Gasteiger charge is 2.24. The van der Waals surface area contributed by atoms with Gasteiger partial charge in [-0.3, -0.25) is 9.59 Å². The van der Waals surface area contributed by atoms with Crippen molar-refractivity contribution in [1.29, 1.82) is 0 Å². The van der Waals surface area contributed by atoms with Crippen molar-refractivity contribution in [2.24, 2.45) is 0 Å². The average Bonchev–Trinajstić information content (AvgIpc) is 2.54. The van der Waals surface area contributed by atoms with Gasteiger partial charge in [-0.25, -0.2) is 0 Å². The van der Waals surface area contributed by atoms with Gasteiger partial charge in [0.25, 0.3) is 0 Å². The van der Waals surface area contributed by atoms with Crippen LogP contribution in [0, 0.1) is 0 Å². The predicted molar refractivity (Wildman–Crippen MR) is 83.4 cm³/mol. The van der Waals surface area contributed by atoms with Gasteiger partial charge in [0.15, 0.2) is 0 Å². The Kier molecular flexibility index (Phi) is 6.79. The molecule has 2 rings (SSSR count). The van der Waals surface area contributed by atoms with E-state index in [1.165, 1.54) is 0 Å². The van der Waals surface area contributed by atoms with Crippen molar-refractivity contribution in [3.8, 4) is 0 Å². The minimum absolute atomic E-state index is 0.0153. The molecular weight excluding hydrogens is 290 g/mol. The molecule has 6 nitrogen and oxygen atoms in total. The van der Waals surface area contributed by atoms with Crippen molar-refractivity contribution in [3.63, 3.8) is 0 Å². The molecule has 2 amide bonds. The third-order valence-electron chi connectivity index (χ3n) is 3.81. The number of thioether (sulfide) groups is 1. The van der Waals surface area contributed by atoms with E-state index in [-0.39, 0.29) is 11.8 Å². The van der Waals surface area contributed by atoms with Crippen molar-refractivity contribution >= 4 is 23.6 Å². The van der Waals surface area contributed by atoms with E-state index in [2.05, 4.69) is 10.6 Å². The van der Waals surface area contributed by atoms with Gasteiger partial charge in [-0.2, -0.15) is 0 Å². The molecule has 0 aromatic rings. The summed E-state index contributed by atoms with van der Waals surface area (Å²) in [7, 11) is 0. The summed E-state index contributed by atoms with van der Waals surface area (Å²) in [6.45, 7) is 6.21. The minimum atomic E-state index is -0.454. The maximum absolute atomic E-state index is 12.2. The molecular formula is C14H25N3O3S. The van der Waals surface area contributed by atoms with Crippen molar-refractivity contribution in [3.05, 3.63) is 0 Å². The zero-order valence-corrected chi connectivity index (χ0v) is 13.4. The van der Waals surface area contributed by atoms with Crippen LogP contribution in [0.2, 0.25) is 0 Å². The summed E-state index contributed by atoms with van der Waals surface area (Å²) >= 11 is 1.70. The standard InChI is InChI=1S/C14H25N3O3S/c1-11(14(19)17-6-8-20-9-7-17)16-13(18)10-21-12-2-4-15-5-3-12/h11-12,15H,2-10H2,1H3,(H,16,18). The molecule has 0 radical (unpaired) electrons. The first-order valence-electron chi connectivity index (χ1n) is 7.65. The topological polar surface area (TPSA) is 70.7 Å². The van der Waals surface area contributed by atoms with Crippen LogP contribution in [0.3, 0.4) is 0 Å². The van der Waals surface area contributed by atoms with Crippen molar-refractivity contribution in [2.45, 2.75) is 31.1 Å². The molecule has 2 saturated heterocycles. The normalized spacial score (nSPS) is 21.9. The summed E-state index contributed by atoms with van der Waals surface area (Å²) in [4.78, 5) is 25.9. The third-order valence-corrected chi connectivity index (χ3v) is 5.18. The maximum atomic E-state index is 12.2. The van der Waals surface area contributed by atoms with Gasteiger partial charge in [-0.05, 0) is 32.9 Å². The average molecular weight is 315 g/mol. The Morgan fingerprint density at radius 3 is 2.67 bits per heavy atom. The van der Waals surface area contributed by atoms with Gasteiger partial charge in [-0.15, -0.1) is 11.8 Å². The Labute approximate surface area is 130 Å². The van der Waals surface area contributed by atoms with Gasteiger partial charge in [0.05, 0.1) is 19.0 Å². The Bertz CT molecular complexity index is 355. The largest absolute Gasteiger partial charge is 0.378 e. The fourth-order valence-corrected chi connectivity index (χ4v) is 3.60. The number of rotatable bonds is 5. The zero-order valence-electron chi connectivity index (χ0n) is 12.6. The molecule has 2 N–H and O–H groups in total. The Morgan fingerprint density at radius 1 is 1.33 bits per heavy atom. The molecule has 21 heavy (non-hydrogen) atoms. The van der Waals surface area contributed by atoms with Gasteiger partial charge < -0.3 is 20.3 Å². The molecule has 0 aromatic heterocycles. The maximum Gasteiger partial charge on any atom is 0.245 e. The van der Waals surface area contributed by atoms with Crippen LogP contribution in [0.25, 0.3) is 0 Å². The number of carbonyl (C=O) groups is 2. The second-order valence-corrected chi connectivity index (χ2v) is 6.78. The lowest BCUT2D eigenvalue weighted by molar-refractivity contribution is -0.139. The van der Waals surface area contributed by atoms with E-state index in [0.29, 0.717) is 37.3 Å². The zero-order chi connectivity index (χ0) is 15.1. The fraction of sp³-hybridized carbons (Fsp3) is 0.857. The predicted octanol–water partition coefficient (Wildman–Crippen LogP) is -0.165. The Morgan fingerprint density at radius 2 is 2.00 bits per heavy atom. The first kappa shape index (κ1) is 16.6. The first-order valence-corrected chi connectivity index (χ1v) is 8.70. The molecule has 2 fully saturated rings.